The van der Waals surface area contributed by atoms with Crippen LogP contribution in [0.5, 0.6) is 5.88 Å². The number of pyridine rings is 1. The van der Waals surface area contributed by atoms with E-state index in [1.165, 1.54) is 0 Å². The molecule has 1 aliphatic rings. The van der Waals surface area contributed by atoms with E-state index in [9.17, 15) is 0 Å². The third-order valence-electron chi connectivity index (χ3n) is 2.30. The minimum Gasteiger partial charge on any atom is -0.469 e. The maximum atomic E-state index is 5.70. The Kier molecular flexibility index (Phi) is 3.53. The van der Waals surface area contributed by atoms with Gasteiger partial charge in [-0.1, -0.05) is 13.0 Å². The molecule has 1 aromatic rings. The molecule has 1 saturated heterocycles. The van der Waals surface area contributed by atoms with Crippen LogP contribution in [0.1, 0.15) is 12.5 Å². The monoisotopic (exact) mass is 208 g/mol. The molecule has 0 unspecified atom stereocenters. The second-order valence-corrected chi connectivity index (χ2v) is 3.53. The Labute approximate surface area is 89.6 Å². The molecule has 2 rings (SSSR count). The standard InChI is InChI=1S/C11H16N2O2/c1-2-12-6-9-4-3-5-13-11(9)15-10-7-14-8-10/h3-5,10,12H,2,6-8H2,1H3. The Hall–Kier alpha value is -1.13. The van der Waals surface area contributed by atoms with Crippen LogP contribution in [0.15, 0.2) is 18.3 Å². The van der Waals surface area contributed by atoms with Gasteiger partial charge in [0.05, 0.1) is 13.2 Å². The zero-order valence-electron chi connectivity index (χ0n) is 8.90. The summed E-state index contributed by atoms with van der Waals surface area (Å²) in [4.78, 5) is 4.24. The summed E-state index contributed by atoms with van der Waals surface area (Å²) in [6.07, 6.45) is 1.94. The second kappa shape index (κ2) is 5.09. The molecule has 0 aromatic carbocycles. The van der Waals surface area contributed by atoms with E-state index in [2.05, 4.69) is 17.2 Å². The fourth-order valence-corrected chi connectivity index (χ4v) is 1.36. The highest BCUT2D eigenvalue weighted by Crippen LogP contribution is 2.18. The van der Waals surface area contributed by atoms with E-state index in [0.29, 0.717) is 13.2 Å². The summed E-state index contributed by atoms with van der Waals surface area (Å²) in [6, 6.07) is 3.96. The molecule has 1 aromatic heterocycles. The molecule has 1 N–H and O–H groups in total. The first-order valence-electron chi connectivity index (χ1n) is 5.29. The van der Waals surface area contributed by atoms with Crippen molar-refractivity contribution in [3.05, 3.63) is 23.9 Å². The first-order chi connectivity index (χ1) is 7.40. The molecular weight excluding hydrogens is 192 g/mol. The Morgan fingerprint density at radius 1 is 1.60 bits per heavy atom. The van der Waals surface area contributed by atoms with E-state index in [-0.39, 0.29) is 6.10 Å². The smallest absolute Gasteiger partial charge is 0.218 e. The average Bonchev–Trinajstić information content (AvgIpc) is 2.22. The van der Waals surface area contributed by atoms with Gasteiger partial charge in [-0.15, -0.1) is 0 Å². The lowest BCUT2D eigenvalue weighted by molar-refractivity contribution is -0.0817. The molecule has 1 fully saturated rings. The number of hydrogen-bond donors (Lipinski definition) is 1. The van der Waals surface area contributed by atoms with Gasteiger partial charge in [-0.25, -0.2) is 4.98 Å². The Balaban J connectivity index is 1.99. The van der Waals surface area contributed by atoms with Crippen LogP contribution >= 0.6 is 0 Å². The summed E-state index contributed by atoms with van der Waals surface area (Å²) in [5.41, 5.74) is 1.10. The summed E-state index contributed by atoms with van der Waals surface area (Å²) in [5.74, 6) is 0.728. The van der Waals surface area contributed by atoms with Crippen LogP contribution in [0.3, 0.4) is 0 Å². The Morgan fingerprint density at radius 2 is 2.47 bits per heavy atom. The molecule has 4 heteroatoms. The third kappa shape index (κ3) is 2.67. The van der Waals surface area contributed by atoms with Crippen LogP contribution in [0.4, 0.5) is 0 Å². The van der Waals surface area contributed by atoms with Gasteiger partial charge in [0, 0.05) is 18.3 Å². The highest BCUT2D eigenvalue weighted by molar-refractivity contribution is 5.25. The Bertz CT molecular complexity index is 313. The van der Waals surface area contributed by atoms with Gasteiger partial charge >= 0.3 is 0 Å². The van der Waals surface area contributed by atoms with Crippen LogP contribution in [0, 0.1) is 0 Å². The number of ether oxygens (including phenoxy) is 2. The molecule has 0 radical (unpaired) electrons. The minimum atomic E-state index is 0.181. The topological polar surface area (TPSA) is 43.4 Å². The molecular formula is C11H16N2O2. The van der Waals surface area contributed by atoms with E-state index in [1.54, 1.807) is 6.20 Å². The highest BCUT2D eigenvalue weighted by Gasteiger charge is 2.21. The number of nitrogens with one attached hydrogen (secondary N) is 1. The van der Waals surface area contributed by atoms with Crippen molar-refractivity contribution in [3.63, 3.8) is 0 Å². The molecule has 0 amide bonds. The fourth-order valence-electron chi connectivity index (χ4n) is 1.36. The molecule has 1 aliphatic heterocycles. The predicted molar refractivity (Wildman–Crippen MR) is 56.9 cm³/mol. The van der Waals surface area contributed by atoms with Gasteiger partial charge in [0.25, 0.3) is 0 Å². The van der Waals surface area contributed by atoms with E-state index < -0.39 is 0 Å². The molecule has 0 aliphatic carbocycles. The molecule has 82 valence electrons. The van der Waals surface area contributed by atoms with Gasteiger partial charge in [-0.2, -0.15) is 0 Å². The van der Waals surface area contributed by atoms with Crippen molar-refractivity contribution in [2.45, 2.75) is 19.6 Å². The van der Waals surface area contributed by atoms with Crippen LogP contribution in [0.25, 0.3) is 0 Å². The number of rotatable bonds is 5. The van der Waals surface area contributed by atoms with Gasteiger partial charge < -0.3 is 14.8 Å². The third-order valence-corrected chi connectivity index (χ3v) is 2.30. The van der Waals surface area contributed by atoms with Crippen LogP contribution in [0.2, 0.25) is 0 Å². The zero-order chi connectivity index (χ0) is 10.5. The lowest BCUT2D eigenvalue weighted by Gasteiger charge is -2.26. The van der Waals surface area contributed by atoms with Gasteiger partial charge in [0.1, 0.15) is 6.10 Å². The minimum absolute atomic E-state index is 0.181. The van der Waals surface area contributed by atoms with Gasteiger partial charge in [0.2, 0.25) is 5.88 Å². The van der Waals surface area contributed by atoms with E-state index in [1.807, 2.05) is 12.1 Å². The van der Waals surface area contributed by atoms with Crippen molar-refractivity contribution in [1.82, 2.24) is 10.3 Å². The van der Waals surface area contributed by atoms with Crippen molar-refractivity contribution in [2.75, 3.05) is 19.8 Å². The van der Waals surface area contributed by atoms with Crippen molar-refractivity contribution in [1.29, 1.82) is 0 Å². The molecule has 0 bridgehead atoms. The first kappa shape index (κ1) is 10.4. The van der Waals surface area contributed by atoms with Gasteiger partial charge in [0.15, 0.2) is 0 Å². The van der Waals surface area contributed by atoms with Crippen molar-refractivity contribution >= 4 is 0 Å². The summed E-state index contributed by atoms with van der Waals surface area (Å²) in [5, 5.41) is 3.26. The van der Waals surface area contributed by atoms with Crippen molar-refractivity contribution < 1.29 is 9.47 Å². The number of aromatic nitrogens is 1. The van der Waals surface area contributed by atoms with Crippen molar-refractivity contribution in [3.8, 4) is 5.88 Å². The highest BCUT2D eigenvalue weighted by atomic mass is 16.6. The van der Waals surface area contributed by atoms with E-state index >= 15 is 0 Å². The Morgan fingerprint density at radius 3 is 3.13 bits per heavy atom. The summed E-state index contributed by atoms with van der Waals surface area (Å²) in [7, 11) is 0. The number of nitrogens with zero attached hydrogens (tertiary/aromatic N) is 1. The molecule has 4 nitrogen and oxygen atoms in total. The summed E-state index contributed by atoms with van der Waals surface area (Å²) in [6.45, 7) is 5.18. The van der Waals surface area contributed by atoms with Crippen LogP contribution < -0.4 is 10.1 Å². The lowest BCUT2D eigenvalue weighted by Crippen LogP contribution is -2.39. The molecule has 0 atom stereocenters. The lowest BCUT2D eigenvalue weighted by atomic mass is 10.2. The SMILES string of the molecule is CCNCc1cccnc1OC1COC1. The fraction of sp³-hybridized carbons (Fsp3) is 0.545. The summed E-state index contributed by atoms with van der Waals surface area (Å²) < 4.78 is 10.8. The zero-order valence-corrected chi connectivity index (χ0v) is 8.90. The quantitative estimate of drug-likeness (QED) is 0.783. The van der Waals surface area contributed by atoms with Gasteiger partial charge in [-0.3, -0.25) is 0 Å². The normalized spacial score (nSPS) is 16.1. The second-order valence-electron chi connectivity index (χ2n) is 3.53. The predicted octanol–water partition coefficient (Wildman–Crippen LogP) is 0.969. The van der Waals surface area contributed by atoms with E-state index in [4.69, 9.17) is 9.47 Å². The molecule has 0 spiro atoms. The first-order valence-corrected chi connectivity index (χ1v) is 5.29. The van der Waals surface area contributed by atoms with Gasteiger partial charge in [-0.05, 0) is 12.6 Å². The van der Waals surface area contributed by atoms with Crippen LogP contribution in [-0.4, -0.2) is 30.8 Å². The summed E-state index contributed by atoms with van der Waals surface area (Å²) >= 11 is 0. The molecule has 15 heavy (non-hydrogen) atoms. The molecule has 0 saturated carbocycles. The largest absolute Gasteiger partial charge is 0.469 e. The van der Waals surface area contributed by atoms with E-state index in [0.717, 1.165) is 24.5 Å². The maximum Gasteiger partial charge on any atom is 0.218 e. The molecule has 2 heterocycles. The van der Waals surface area contributed by atoms with Crippen molar-refractivity contribution in [2.24, 2.45) is 0 Å². The van der Waals surface area contributed by atoms with Crippen LogP contribution in [-0.2, 0) is 11.3 Å². The average molecular weight is 208 g/mol. The maximum absolute atomic E-state index is 5.70. The number of hydrogen-bond acceptors (Lipinski definition) is 4.